The number of fused-ring (bicyclic) bond motifs is 1. The highest BCUT2D eigenvalue weighted by molar-refractivity contribution is 5.82. The van der Waals surface area contributed by atoms with Crippen LogP contribution in [0.5, 0.6) is 5.75 Å². The zero-order chi connectivity index (χ0) is 17.8. The van der Waals surface area contributed by atoms with Gasteiger partial charge in [-0.1, -0.05) is 19.3 Å². The molecule has 0 spiro atoms. The summed E-state index contributed by atoms with van der Waals surface area (Å²) in [7, 11) is 0. The average molecular weight is 354 g/mol. The van der Waals surface area contributed by atoms with Crippen molar-refractivity contribution in [2.24, 2.45) is 11.8 Å². The summed E-state index contributed by atoms with van der Waals surface area (Å²) in [5, 5.41) is 1.66. The summed E-state index contributed by atoms with van der Waals surface area (Å²) < 4.78 is 6.05. The molecule has 1 aromatic heterocycles. The summed E-state index contributed by atoms with van der Waals surface area (Å²) in [6, 6.07) is 7.67. The van der Waals surface area contributed by atoms with Crippen LogP contribution in [0.2, 0.25) is 0 Å². The molecule has 2 aromatic rings. The predicted molar refractivity (Wildman–Crippen MR) is 106 cm³/mol. The molecule has 2 aliphatic rings. The van der Waals surface area contributed by atoms with Gasteiger partial charge in [0.2, 0.25) is 0 Å². The summed E-state index contributed by atoms with van der Waals surface area (Å²) in [5.41, 5.74) is -0.0422. The van der Waals surface area contributed by atoms with Crippen molar-refractivity contribution in [3.05, 3.63) is 40.8 Å². The number of H-pyrrole nitrogens is 1. The maximum Gasteiger partial charge on any atom is 0.255 e. The summed E-state index contributed by atoms with van der Waals surface area (Å²) in [5.74, 6) is 2.46. The minimum absolute atomic E-state index is 0.0422. The van der Waals surface area contributed by atoms with Crippen LogP contribution in [0.3, 0.4) is 0 Å². The van der Waals surface area contributed by atoms with Crippen LogP contribution in [0.4, 0.5) is 0 Å². The van der Waals surface area contributed by atoms with E-state index in [1.54, 1.807) is 6.20 Å². The van der Waals surface area contributed by atoms with Gasteiger partial charge in [-0.3, -0.25) is 4.79 Å². The summed E-state index contributed by atoms with van der Waals surface area (Å²) >= 11 is 0. The number of aromatic amines is 1. The zero-order valence-corrected chi connectivity index (χ0v) is 15.6. The van der Waals surface area contributed by atoms with Crippen LogP contribution in [0.25, 0.3) is 10.8 Å². The normalized spacial score (nSPS) is 20.5. The molecule has 1 N–H and O–H groups in total. The maximum atomic E-state index is 11.8. The molecule has 2 heterocycles. The molecule has 0 amide bonds. The first-order valence-electron chi connectivity index (χ1n) is 10.2. The first-order chi connectivity index (χ1) is 12.8. The molecule has 1 aliphatic heterocycles. The fraction of sp³-hybridized carbons (Fsp3) is 0.591. The number of nitrogens with zero attached hydrogens (tertiary/aromatic N) is 1. The molecule has 0 radical (unpaired) electrons. The van der Waals surface area contributed by atoms with E-state index >= 15 is 0 Å². The Morgan fingerprint density at radius 2 is 1.81 bits per heavy atom. The third kappa shape index (κ3) is 4.29. The molecular weight excluding hydrogens is 324 g/mol. The molecule has 1 aliphatic carbocycles. The highest BCUT2D eigenvalue weighted by Crippen LogP contribution is 2.27. The molecular formula is C22H30N2O2. The van der Waals surface area contributed by atoms with Gasteiger partial charge in [0.25, 0.3) is 5.56 Å². The van der Waals surface area contributed by atoms with E-state index < -0.39 is 0 Å². The molecule has 1 saturated carbocycles. The Morgan fingerprint density at radius 3 is 2.62 bits per heavy atom. The molecule has 0 atom stereocenters. The number of piperidine rings is 1. The first-order valence-corrected chi connectivity index (χ1v) is 10.2. The Labute approximate surface area is 155 Å². The monoisotopic (exact) mass is 354 g/mol. The van der Waals surface area contributed by atoms with Crippen LogP contribution in [-0.4, -0.2) is 36.1 Å². The fourth-order valence-corrected chi connectivity index (χ4v) is 4.54. The topological polar surface area (TPSA) is 45.3 Å². The van der Waals surface area contributed by atoms with Gasteiger partial charge in [-0.15, -0.1) is 0 Å². The number of likely N-dealkylation sites (tertiary alicyclic amines) is 1. The molecule has 0 bridgehead atoms. The van der Waals surface area contributed by atoms with Gasteiger partial charge in [-0.05, 0) is 80.3 Å². The zero-order valence-electron chi connectivity index (χ0n) is 15.6. The third-order valence-corrected chi connectivity index (χ3v) is 6.18. The molecule has 1 aromatic carbocycles. The molecule has 0 unspecified atom stereocenters. The van der Waals surface area contributed by atoms with E-state index in [0.717, 1.165) is 29.0 Å². The number of hydrogen-bond donors (Lipinski definition) is 1. The molecule has 26 heavy (non-hydrogen) atoms. The first kappa shape index (κ1) is 17.6. The van der Waals surface area contributed by atoms with Crippen molar-refractivity contribution in [2.45, 2.75) is 44.9 Å². The van der Waals surface area contributed by atoms with E-state index in [4.69, 9.17) is 4.74 Å². The Hall–Kier alpha value is -1.81. The summed E-state index contributed by atoms with van der Waals surface area (Å²) in [6.07, 6.45) is 11.4. The lowest BCUT2D eigenvalue weighted by molar-refractivity contribution is 0.119. The van der Waals surface area contributed by atoms with Gasteiger partial charge < -0.3 is 14.6 Å². The maximum absolute atomic E-state index is 11.8. The van der Waals surface area contributed by atoms with Gasteiger partial charge in [0.1, 0.15) is 5.75 Å². The number of aromatic nitrogens is 1. The van der Waals surface area contributed by atoms with Gasteiger partial charge in [-0.2, -0.15) is 0 Å². The van der Waals surface area contributed by atoms with E-state index in [9.17, 15) is 4.79 Å². The molecule has 4 heteroatoms. The fourth-order valence-electron chi connectivity index (χ4n) is 4.54. The van der Waals surface area contributed by atoms with E-state index in [1.807, 2.05) is 24.3 Å². The van der Waals surface area contributed by atoms with Gasteiger partial charge in [0.15, 0.2) is 0 Å². The van der Waals surface area contributed by atoms with E-state index in [1.165, 1.54) is 64.6 Å². The van der Waals surface area contributed by atoms with Crippen LogP contribution in [0.15, 0.2) is 35.3 Å². The number of pyridine rings is 1. The largest absolute Gasteiger partial charge is 0.493 e. The van der Waals surface area contributed by atoms with Gasteiger partial charge in [-0.25, -0.2) is 0 Å². The van der Waals surface area contributed by atoms with Crippen molar-refractivity contribution in [1.29, 1.82) is 0 Å². The van der Waals surface area contributed by atoms with Crippen molar-refractivity contribution in [3.8, 4) is 5.75 Å². The van der Waals surface area contributed by atoms with E-state index in [0.29, 0.717) is 5.92 Å². The minimum atomic E-state index is -0.0422. The Kier molecular flexibility index (Phi) is 5.59. The third-order valence-electron chi connectivity index (χ3n) is 6.18. The van der Waals surface area contributed by atoms with Crippen molar-refractivity contribution in [3.63, 3.8) is 0 Å². The van der Waals surface area contributed by atoms with Crippen LogP contribution in [0.1, 0.15) is 44.9 Å². The number of nitrogens with one attached hydrogen (secondary N) is 1. The Morgan fingerprint density at radius 1 is 1.00 bits per heavy atom. The van der Waals surface area contributed by atoms with Crippen LogP contribution in [0, 0.1) is 11.8 Å². The SMILES string of the molecule is O=c1[nH]ccc2cc(OCC3CCN(CC4CCCCC4)CC3)ccc12. The van der Waals surface area contributed by atoms with Crippen LogP contribution >= 0.6 is 0 Å². The molecule has 4 rings (SSSR count). The smallest absolute Gasteiger partial charge is 0.255 e. The molecule has 4 nitrogen and oxygen atoms in total. The quantitative estimate of drug-likeness (QED) is 0.875. The van der Waals surface area contributed by atoms with E-state index in [-0.39, 0.29) is 5.56 Å². The number of benzene rings is 1. The summed E-state index contributed by atoms with van der Waals surface area (Å²) in [6.45, 7) is 4.54. The predicted octanol–water partition coefficient (Wildman–Crippen LogP) is 4.20. The number of hydrogen-bond acceptors (Lipinski definition) is 3. The molecule has 2 fully saturated rings. The lowest BCUT2D eigenvalue weighted by atomic mass is 9.88. The highest BCUT2D eigenvalue weighted by atomic mass is 16.5. The second-order valence-corrected chi connectivity index (χ2v) is 8.11. The van der Waals surface area contributed by atoms with Crippen LogP contribution in [-0.2, 0) is 0 Å². The lowest BCUT2D eigenvalue weighted by Crippen LogP contribution is -2.38. The van der Waals surface area contributed by atoms with E-state index in [2.05, 4.69) is 9.88 Å². The lowest BCUT2D eigenvalue weighted by Gasteiger charge is -2.35. The van der Waals surface area contributed by atoms with Gasteiger partial charge >= 0.3 is 0 Å². The minimum Gasteiger partial charge on any atom is -0.493 e. The molecule has 140 valence electrons. The van der Waals surface area contributed by atoms with Crippen molar-refractivity contribution in [1.82, 2.24) is 9.88 Å². The van der Waals surface area contributed by atoms with Crippen molar-refractivity contribution in [2.75, 3.05) is 26.2 Å². The summed E-state index contributed by atoms with van der Waals surface area (Å²) in [4.78, 5) is 17.2. The van der Waals surface area contributed by atoms with Gasteiger partial charge in [0, 0.05) is 18.1 Å². The van der Waals surface area contributed by atoms with Gasteiger partial charge in [0.05, 0.1) is 6.61 Å². The highest BCUT2D eigenvalue weighted by Gasteiger charge is 2.23. The Bertz CT molecular complexity index is 771. The van der Waals surface area contributed by atoms with Crippen molar-refractivity contribution >= 4 is 10.8 Å². The second-order valence-electron chi connectivity index (χ2n) is 8.11. The Balaban J connectivity index is 1.25. The van der Waals surface area contributed by atoms with Crippen molar-refractivity contribution < 1.29 is 4.74 Å². The van der Waals surface area contributed by atoms with Crippen LogP contribution < -0.4 is 10.3 Å². The number of ether oxygens (including phenoxy) is 1. The number of rotatable bonds is 5. The molecule has 1 saturated heterocycles. The average Bonchev–Trinajstić information content (AvgIpc) is 2.68. The standard InChI is InChI=1S/C22H30N2O2/c25-22-21-7-6-20(14-19(21)8-11-23-22)26-16-18-9-12-24(13-10-18)15-17-4-2-1-3-5-17/h6-8,11,14,17-18H,1-5,9-10,12-13,15-16H2,(H,23,25). The second kappa shape index (κ2) is 8.26.